The summed E-state index contributed by atoms with van der Waals surface area (Å²) >= 11 is 7.57. The van der Waals surface area contributed by atoms with Crippen molar-refractivity contribution < 1.29 is 9.53 Å². The van der Waals surface area contributed by atoms with Gasteiger partial charge in [-0.2, -0.15) is 0 Å². The Labute approximate surface area is 140 Å². The Balaban J connectivity index is 2.04. The van der Waals surface area contributed by atoms with Gasteiger partial charge in [0.2, 0.25) is 0 Å². The Bertz CT molecular complexity index is 675. The van der Waals surface area contributed by atoms with Gasteiger partial charge in [0.05, 0.1) is 5.69 Å². The second-order valence-corrected chi connectivity index (χ2v) is 6.12. The molecule has 0 spiro atoms. The van der Waals surface area contributed by atoms with Crippen LogP contribution in [0.4, 0.5) is 5.69 Å². The summed E-state index contributed by atoms with van der Waals surface area (Å²) in [5, 5.41) is 3.58. The topological polar surface area (TPSA) is 38.3 Å². The van der Waals surface area contributed by atoms with E-state index in [1.165, 1.54) is 0 Å². The lowest BCUT2D eigenvalue weighted by atomic mass is 10.2. The summed E-state index contributed by atoms with van der Waals surface area (Å²) < 4.78 is 5.68. The average molecular weight is 336 g/mol. The Morgan fingerprint density at radius 1 is 1.27 bits per heavy atom. The molecule has 0 saturated heterocycles. The normalized spacial score (nSPS) is 11.8. The molecule has 22 heavy (non-hydrogen) atoms. The zero-order valence-electron chi connectivity index (χ0n) is 12.7. The first-order chi connectivity index (χ1) is 10.5. The van der Waals surface area contributed by atoms with Crippen molar-refractivity contribution in [2.75, 3.05) is 11.6 Å². The summed E-state index contributed by atoms with van der Waals surface area (Å²) in [6.07, 6.45) is 1.37. The second kappa shape index (κ2) is 7.56. The van der Waals surface area contributed by atoms with Gasteiger partial charge in [-0.15, -0.1) is 11.8 Å². The second-order valence-electron chi connectivity index (χ2n) is 4.86. The van der Waals surface area contributed by atoms with Crippen LogP contribution in [0.25, 0.3) is 0 Å². The Hall–Kier alpha value is -1.65. The maximum Gasteiger partial charge on any atom is 0.265 e. The molecule has 2 aromatic carbocycles. The van der Waals surface area contributed by atoms with Gasteiger partial charge in [-0.3, -0.25) is 4.79 Å². The molecule has 0 aliphatic carbocycles. The van der Waals surface area contributed by atoms with Crippen LogP contribution >= 0.6 is 23.4 Å². The van der Waals surface area contributed by atoms with Crippen LogP contribution in [-0.2, 0) is 4.79 Å². The van der Waals surface area contributed by atoms with E-state index in [9.17, 15) is 4.79 Å². The highest BCUT2D eigenvalue weighted by Gasteiger charge is 2.16. The summed E-state index contributed by atoms with van der Waals surface area (Å²) in [6, 6.07) is 13.0. The van der Waals surface area contributed by atoms with Gasteiger partial charge in [-0.1, -0.05) is 23.7 Å². The minimum absolute atomic E-state index is 0.186. The lowest BCUT2D eigenvalue weighted by molar-refractivity contribution is -0.122. The van der Waals surface area contributed by atoms with Crippen LogP contribution in [0.2, 0.25) is 5.02 Å². The fourth-order valence-electron chi connectivity index (χ4n) is 1.93. The van der Waals surface area contributed by atoms with Crippen LogP contribution in [0.5, 0.6) is 5.75 Å². The molecule has 5 heteroatoms. The van der Waals surface area contributed by atoms with Gasteiger partial charge >= 0.3 is 0 Å². The van der Waals surface area contributed by atoms with E-state index in [0.29, 0.717) is 10.8 Å². The van der Waals surface area contributed by atoms with Crippen LogP contribution in [-0.4, -0.2) is 18.3 Å². The van der Waals surface area contributed by atoms with Crippen molar-refractivity contribution in [3.63, 3.8) is 0 Å². The number of amides is 1. The molecule has 116 valence electrons. The van der Waals surface area contributed by atoms with E-state index in [1.807, 2.05) is 43.5 Å². The molecule has 0 radical (unpaired) electrons. The van der Waals surface area contributed by atoms with Gasteiger partial charge < -0.3 is 10.1 Å². The minimum Gasteiger partial charge on any atom is -0.481 e. The summed E-state index contributed by atoms with van der Waals surface area (Å²) in [5.74, 6) is 0.441. The van der Waals surface area contributed by atoms with Crippen molar-refractivity contribution >= 4 is 35.0 Å². The van der Waals surface area contributed by atoms with E-state index in [0.717, 1.165) is 16.1 Å². The van der Waals surface area contributed by atoms with E-state index < -0.39 is 6.10 Å². The number of rotatable bonds is 5. The molecule has 0 bridgehead atoms. The standard InChI is InChI=1S/C17H18ClNO2S/c1-11-10-13(8-9-14(11)18)21-12(2)17(20)19-15-6-4-5-7-16(15)22-3/h4-10,12H,1-3H3,(H,19,20)/t12-/m1/s1. The van der Waals surface area contributed by atoms with E-state index in [4.69, 9.17) is 16.3 Å². The number of aryl methyl sites for hydroxylation is 1. The van der Waals surface area contributed by atoms with E-state index in [-0.39, 0.29) is 5.91 Å². The summed E-state index contributed by atoms with van der Waals surface area (Å²) in [4.78, 5) is 13.3. The highest BCUT2D eigenvalue weighted by Crippen LogP contribution is 2.25. The predicted molar refractivity (Wildman–Crippen MR) is 93.1 cm³/mol. The van der Waals surface area contributed by atoms with Crippen molar-refractivity contribution in [2.45, 2.75) is 24.8 Å². The SMILES string of the molecule is CSc1ccccc1NC(=O)[C@@H](C)Oc1ccc(Cl)c(C)c1. The van der Waals surface area contributed by atoms with Gasteiger partial charge in [0.15, 0.2) is 6.10 Å². The van der Waals surface area contributed by atoms with E-state index >= 15 is 0 Å². The van der Waals surface area contributed by atoms with Crippen molar-refractivity contribution in [1.29, 1.82) is 0 Å². The highest BCUT2D eigenvalue weighted by atomic mass is 35.5. The lowest BCUT2D eigenvalue weighted by Crippen LogP contribution is -2.30. The number of ether oxygens (including phenoxy) is 1. The van der Waals surface area contributed by atoms with Crippen molar-refractivity contribution in [2.24, 2.45) is 0 Å². The Morgan fingerprint density at radius 2 is 2.00 bits per heavy atom. The lowest BCUT2D eigenvalue weighted by Gasteiger charge is -2.16. The van der Waals surface area contributed by atoms with Gasteiger partial charge in [0.1, 0.15) is 5.75 Å². The third kappa shape index (κ3) is 4.18. The number of hydrogen-bond donors (Lipinski definition) is 1. The van der Waals surface area contributed by atoms with Crippen LogP contribution in [0.1, 0.15) is 12.5 Å². The average Bonchev–Trinajstić information content (AvgIpc) is 2.51. The maximum atomic E-state index is 12.3. The van der Waals surface area contributed by atoms with Crippen molar-refractivity contribution in [3.8, 4) is 5.75 Å². The molecule has 1 amide bonds. The van der Waals surface area contributed by atoms with Crippen LogP contribution in [0.15, 0.2) is 47.4 Å². The molecule has 0 aliphatic rings. The van der Waals surface area contributed by atoms with Gasteiger partial charge in [0, 0.05) is 9.92 Å². The smallest absolute Gasteiger partial charge is 0.265 e. The van der Waals surface area contributed by atoms with Crippen LogP contribution < -0.4 is 10.1 Å². The molecule has 2 rings (SSSR count). The van der Waals surface area contributed by atoms with Crippen molar-refractivity contribution in [1.82, 2.24) is 0 Å². The number of anilines is 1. The zero-order chi connectivity index (χ0) is 16.1. The molecular weight excluding hydrogens is 318 g/mol. The minimum atomic E-state index is -0.601. The maximum absolute atomic E-state index is 12.3. The zero-order valence-corrected chi connectivity index (χ0v) is 14.3. The number of benzene rings is 2. The molecule has 0 aliphatic heterocycles. The molecular formula is C17H18ClNO2S. The number of halogens is 1. The van der Waals surface area contributed by atoms with E-state index in [1.54, 1.807) is 30.8 Å². The largest absolute Gasteiger partial charge is 0.481 e. The molecule has 0 fully saturated rings. The van der Waals surface area contributed by atoms with Crippen molar-refractivity contribution in [3.05, 3.63) is 53.1 Å². The number of thioether (sulfide) groups is 1. The molecule has 0 saturated carbocycles. The number of para-hydroxylation sites is 1. The molecule has 1 atom stereocenters. The highest BCUT2D eigenvalue weighted by molar-refractivity contribution is 7.98. The molecule has 0 aromatic heterocycles. The summed E-state index contributed by atoms with van der Waals surface area (Å²) in [7, 11) is 0. The Morgan fingerprint density at radius 3 is 2.68 bits per heavy atom. The van der Waals surface area contributed by atoms with Gasteiger partial charge in [0.25, 0.3) is 5.91 Å². The number of nitrogens with one attached hydrogen (secondary N) is 1. The number of carbonyl (C=O) groups is 1. The van der Waals surface area contributed by atoms with Crippen LogP contribution in [0, 0.1) is 6.92 Å². The third-order valence-corrected chi connectivity index (χ3v) is 4.40. The van der Waals surface area contributed by atoms with Gasteiger partial charge in [-0.05, 0) is 56.0 Å². The first-order valence-electron chi connectivity index (χ1n) is 6.88. The first kappa shape index (κ1) is 16.7. The number of carbonyl (C=O) groups excluding carboxylic acids is 1. The summed E-state index contributed by atoms with van der Waals surface area (Å²) in [5.41, 5.74) is 1.71. The fourth-order valence-corrected chi connectivity index (χ4v) is 2.60. The fraction of sp³-hybridized carbons (Fsp3) is 0.235. The molecule has 0 unspecified atom stereocenters. The van der Waals surface area contributed by atoms with Crippen LogP contribution in [0.3, 0.4) is 0 Å². The third-order valence-electron chi connectivity index (χ3n) is 3.18. The predicted octanol–water partition coefficient (Wildman–Crippen LogP) is 4.78. The molecule has 2 aromatic rings. The molecule has 3 nitrogen and oxygen atoms in total. The quantitative estimate of drug-likeness (QED) is 0.799. The first-order valence-corrected chi connectivity index (χ1v) is 8.48. The van der Waals surface area contributed by atoms with Gasteiger partial charge in [-0.25, -0.2) is 0 Å². The summed E-state index contributed by atoms with van der Waals surface area (Å²) in [6.45, 7) is 3.62. The molecule has 0 heterocycles. The number of hydrogen-bond acceptors (Lipinski definition) is 3. The van der Waals surface area contributed by atoms with E-state index in [2.05, 4.69) is 5.32 Å². The Kier molecular flexibility index (Phi) is 5.75. The monoisotopic (exact) mass is 335 g/mol. The molecule has 1 N–H and O–H groups in total.